The van der Waals surface area contributed by atoms with Crippen molar-refractivity contribution in [3.8, 4) is 0 Å². The van der Waals surface area contributed by atoms with E-state index in [1.165, 1.54) is 23.1 Å². The van der Waals surface area contributed by atoms with E-state index in [1.807, 2.05) is 52.0 Å². The Bertz CT molecular complexity index is 1270. The minimum atomic E-state index is -0.358. The highest BCUT2D eigenvalue weighted by molar-refractivity contribution is 8.00. The third-order valence-electron chi connectivity index (χ3n) is 5.08. The van der Waals surface area contributed by atoms with Crippen molar-refractivity contribution in [1.29, 1.82) is 0 Å². The van der Waals surface area contributed by atoms with Gasteiger partial charge < -0.3 is 4.98 Å². The molecule has 1 atom stereocenters. The molecule has 0 aliphatic heterocycles. The molecule has 1 aromatic carbocycles. The van der Waals surface area contributed by atoms with Crippen molar-refractivity contribution in [3.63, 3.8) is 0 Å². The second kappa shape index (κ2) is 7.22. The number of hydrogen-bond acceptors (Lipinski definition) is 5. The topological polar surface area (TPSA) is 67.8 Å². The smallest absolute Gasteiger partial charge is 0.263 e. The van der Waals surface area contributed by atoms with Crippen LogP contribution in [-0.2, 0) is 6.54 Å². The Morgan fingerprint density at radius 2 is 2.07 bits per heavy atom. The molecule has 1 N–H and O–H groups in total. The average molecular weight is 412 g/mol. The number of aromatic nitrogens is 3. The number of aryl methyl sites for hydroxylation is 2. The van der Waals surface area contributed by atoms with Gasteiger partial charge in [-0.25, -0.2) is 4.98 Å². The number of nitrogens with zero attached hydrogens (tertiary/aromatic N) is 2. The lowest BCUT2D eigenvalue weighted by molar-refractivity contribution is 0.0995. The van der Waals surface area contributed by atoms with E-state index in [4.69, 9.17) is 4.98 Å². The molecule has 3 heterocycles. The van der Waals surface area contributed by atoms with Crippen LogP contribution in [0.25, 0.3) is 21.1 Å². The zero-order chi connectivity index (χ0) is 20.0. The van der Waals surface area contributed by atoms with Crippen molar-refractivity contribution in [2.24, 2.45) is 0 Å². The minimum Gasteiger partial charge on any atom is -0.360 e. The highest BCUT2D eigenvalue weighted by Crippen LogP contribution is 2.31. The summed E-state index contributed by atoms with van der Waals surface area (Å²) >= 11 is 2.88. The van der Waals surface area contributed by atoms with E-state index in [1.54, 1.807) is 10.8 Å². The number of thioether (sulfide) groups is 1. The lowest BCUT2D eigenvalue weighted by atomic mass is 10.1. The summed E-state index contributed by atoms with van der Waals surface area (Å²) in [4.78, 5) is 35.8. The van der Waals surface area contributed by atoms with Crippen LogP contribution in [0.4, 0.5) is 0 Å². The average Bonchev–Trinajstić information content (AvgIpc) is 3.22. The number of para-hydroxylation sites is 1. The maximum absolute atomic E-state index is 13.1. The van der Waals surface area contributed by atoms with E-state index in [0.717, 1.165) is 26.2 Å². The number of H-pyrrole nitrogens is 1. The number of thiophene rings is 1. The number of nitrogens with one attached hydrogen (secondary N) is 1. The van der Waals surface area contributed by atoms with Gasteiger partial charge in [0.15, 0.2) is 10.9 Å². The van der Waals surface area contributed by atoms with Crippen molar-refractivity contribution >= 4 is 50.0 Å². The van der Waals surface area contributed by atoms with Crippen LogP contribution in [0.2, 0.25) is 0 Å². The van der Waals surface area contributed by atoms with Gasteiger partial charge in [0.25, 0.3) is 5.56 Å². The largest absolute Gasteiger partial charge is 0.360 e. The van der Waals surface area contributed by atoms with Crippen LogP contribution in [0.3, 0.4) is 0 Å². The molecule has 7 heteroatoms. The zero-order valence-corrected chi connectivity index (χ0v) is 17.8. The number of carbonyl (C=O) groups excluding carboxylic acids is 1. The van der Waals surface area contributed by atoms with Gasteiger partial charge in [-0.05, 0) is 39.3 Å². The predicted octanol–water partition coefficient (Wildman–Crippen LogP) is 4.94. The molecule has 0 spiro atoms. The van der Waals surface area contributed by atoms with Crippen LogP contribution < -0.4 is 5.56 Å². The molecular weight excluding hydrogens is 390 g/mol. The summed E-state index contributed by atoms with van der Waals surface area (Å²) < 4.78 is 1.67. The first-order valence-corrected chi connectivity index (χ1v) is 10.9. The number of ketones is 1. The van der Waals surface area contributed by atoms with Crippen LogP contribution in [-0.4, -0.2) is 25.6 Å². The van der Waals surface area contributed by atoms with Crippen molar-refractivity contribution in [1.82, 2.24) is 14.5 Å². The molecule has 28 heavy (non-hydrogen) atoms. The lowest BCUT2D eigenvalue weighted by Gasteiger charge is -2.14. The standard InChI is InChI=1S/C21H21N3O2S2/c1-5-24-20(26)17-11(2)12(3)27-19(17)23-21(24)28-13(4)18(25)15-10-22-16-9-7-6-8-14(15)16/h6-10,13,22H,5H2,1-4H3/t13-/m0/s1. The van der Waals surface area contributed by atoms with Gasteiger partial charge in [-0.1, -0.05) is 30.0 Å². The van der Waals surface area contributed by atoms with Crippen molar-refractivity contribution in [2.45, 2.75) is 44.6 Å². The van der Waals surface area contributed by atoms with E-state index in [0.29, 0.717) is 22.7 Å². The number of carbonyl (C=O) groups is 1. The first-order chi connectivity index (χ1) is 13.4. The Labute approximate surface area is 170 Å². The van der Waals surface area contributed by atoms with Crippen LogP contribution in [0, 0.1) is 13.8 Å². The fourth-order valence-electron chi connectivity index (χ4n) is 3.38. The maximum Gasteiger partial charge on any atom is 0.263 e. The molecule has 5 nitrogen and oxygen atoms in total. The Kier molecular flexibility index (Phi) is 4.89. The van der Waals surface area contributed by atoms with Gasteiger partial charge >= 0.3 is 0 Å². The summed E-state index contributed by atoms with van der Waals surface area (Å²) in [5.74, 6) is 0.0259. The molecule has 144 valence electrons. The molecule has 0 aliphatic carbocycles. The van der Waals surface area contributed by atoms with E-state index >= 15 is 0 Å². The summed E-state index contributed by atoms with van der Waals surface area (Å²) in [6.45, 7) is 8.29. The first kappa shape index (κ1) is 19.0. The summed E-state index contributed by atoms with van der Waals surface area (Å²) in [6.07, 6.45) is 1.76. The molecule has 0 unspecified atom stereocenters. The number of rotatable bonds is 5. The molecule has 0 saturated heterocycles. The Morgan fingerprint density at radius 1 is 1.32 bits per heavy atom. The fourth-order valence-corrected chi connectivity index (χ4v) is 5.49. The molecule has 0 radical (unpaired) electrons. The van der Waals surface area contributed by atoms with E-state index < -0.39 is 0 Å². The zero-order valence-electron chi connectivity index (χ0n) is 16.2. The molecular formula is C21H21N3O2S2. The highest BCUT2D eigenvalue weighted by atomic mass is 32.2. The van der Waals surface area contributed by atoms with E-state index in [9.17, 15) is 9.59 Å². The molecule has 0 saturated carbocycles. The molecule has 0 fully saturated rings. The van der Waals surface area contributed by atoms with Gasteiger partial charge in [0, 0.05) is 34.1 Å². The van der Waals surface area contributed by atoms with Crippen LogP contribution in [0.5, 0.6) is 0 Å². The third kappa shape index (κ3) is 2.99. The normalized spacial score (nSPS) is 12.7. The Morgan fingerprint density at radius 3 is 2.82 bits per heavy atom. The monoisotopic (exact) mass is 411 g/mol. The third-order valence-corrected chi connectivity index (χ3v) is 7.27. The Balaban J connectivity index is 1.73. The molecule has 4 rings (SSSR count). The summed E-state index contributed by atoms with van der Waals surface area (Å²) in [6, 6.07) is 7.77. The number of benzene rings is 1. The molecule has 0 bridgehead atoms. The van der Waals surface area contributed by atoms with Gasteiger partial charge in [0.05, 0.1) is 10.6 Å². The highest BCUT2D eigenvalue weighted by Gasteiger charge is 2.23. The second-order valence-electron chi connectivity index (χ2n) is 6.78. The number of fused-ring (bicyclic) bond motifs is 2. The lowest BCUT2D eigenvalue weighted by Crippen LogP contribution is -2.24. The summed E-state index contributed by atoms with van der Waals surface area (Å²) in [7, 11) is 0. The number of hydrogen-bond donors (Lipinski definition) is 1. The predicted molar refractivity (Wildman–Crippen MR) is 117 cm³/mol. The van der Waals surface area contributed by atoms with E-state index in [2.05, 4.69) is 4.98 Å². The Hall–Kier alpha value is -2.38. The SMILES string of the molecule is CCn1c(S[C@@H](C)C(=O)c2c[nH]c3ccccc23)nc2sc(C)c(C)c2c1=O. The second-order valence-corrected chi connectivity index (χ2v) is 9.29. The maximum atomic E-state index is 13.1. The molecule has 4 aromatic rings. The van der Waals surface area contributed by atoms with Crippen LogP contribution in [0.1, 0.15) is 34.6 Å². The summed E-state index contributed by atoms with van der Waals surface area (Å²) in [5.41, 5.74) is 2.59. The van der Waals surface area contributed by atoms with E-state index in [-0.39, 0.29) is 16.6 Å². The van der Waals surface area contributed by atoms with Gasteiger partial charge in [0.1, 0.15) is 4.83 Å². The first-order valence-electron chi connectivity index (χ1n) is 9.19. The number of aromatic amines is 1. The molecule has 0 aliphatic rings. The number of Topliss-reactive ketones (excluding diaryl/α,β-unsaturated/α-hetero) is 1. The van der Waals surface area contributed by atoms with Gasteiger partial charge in [-0.15, -0.1) is 11.3 Å². The van der Waals surface area contributed by atoms with Crippen molar-refractivity contribution < 1.29 is 4.79 Å². The minimum absolute atomic E-state index is 0.0245. The van der Waals surface area contributed by atoms with Gasteiger partial charge in [-0.2, -0.15) is 0 Å². The molecule has 0 amide bonds. The van der Waals surface area contributed by atoms with Crippen LogP contribution in [0.15, 0.2) is 40.4 Å². The van der Waals surface area contributed by atoms with Crippen molar-refractivity contribution in [3.05, 3.63) is 56.8 Å². The van der Waals surface area contributed by atoms with Gasteiger partial charge in [-0.3, -0.25) is 14.2 Å². The quantitative estimate of drug-likeness (QED) is 0.287. The van der Waals surface area contributed by atoms with Crippen LogP contribution >= 0.6 is 23.1 Å². The van der Waals surface area contributed by atoms with Gasteiger partial charge in [0.2, 0.25) is 0 Å². The van der Waals surface area contributed by atoms with Crippen molar-refractivity contribution in [2.75, 3.05) is 0 Å². The molecule has 3 aromatic heterocycles. The summed E-state index contributed by atoms with van der Waals surface area (Å²) in [5, 5.41) is 1.86. The fraction of sp³-hybridized carbons (Fsp3) is 0.286.